The molecule has 0 unspecified atom stereocenters. The van der Waals surface area contributed by atoms with Crippen LogP contribution < -0.4 is 25.8 Å². The number of rotatable bonds is 8. The summed E-state index contributed by atoms with van der Waals surface area (Å²) < 4.78 is 14.3. The van der Waals surface area contributed by atoms with Gasteiger partial charge in [-0.05, 0) is 38.3 Å². The molecule has 0 saturated carbocycles. The largest absolute Gasteiger partial charge is 0.493 e. The smallest absolute Gasteiger partial charge is 0.345 e. The lowest BCUT2D eigenvalue weighted by molar-refractivity contribution is 0.311. The number of aryl methyl sites for hydroxylation is 2. The first-order chi connectivity index (χ1) is 14.2. The van der Waals surface area contributed by atoms with E-state index in [2.05, 4.69) is 20.7 Å². The van der Waals surface area contributed by atoms with Gasteiger partial charge < -0.3 is 20.1 Å². The molecule has 2 heterocycles. The van der Waals surface area contributed by atoms with Crippen LogP contribution in [0.3, 0.4) is 0 Å². The van der Waals surface area contributed by atoms with Gasteiger partial charge in [-0.25, -0.2) is 9.48 Å². The molecule has 9 heteroatoms. The first-order valence-electron chi connectivity index (χ1n) is 10.1. The molecule has 3 rings (SSSR count). The lowest BCUT2D eigenvalue weighted by Crippen LogP contribution is -2.33. The molecule has 2 aromatic rings. The third-order valence-electron chi connectivity index (χ3n) is 4.82. The van der Waals surface area contributed by atoms with E-state index in [4.69, 9.17) is 9.47 Å². The maximum Gasteiger partial charge on any atom is 0.345 e. The minimum absolute atomic E-state index is 0.00361. The van der Waals surface area contributed by atoms with Gasteiger partial charge in [0.2, 0.25) is 0 Å². The van der Waals surface area contributed by atoms with Crippen molar-refractivity contribution in [2.75, 3.05) is 32.6 Å². The number of methoxy groups -OCH3 is 1. The van der Waals surface area contributed by atoms with E-state index in [9.17, 15) is 4.79 Å². The van der Waals surface area contributed by atoms with Crippen molar-refractivity contribution in [3.8, 4) is 11.5 Å². The number of nitrogens with one attached hydrogen (secondary N) is 2. The number of aromatic nitrogens is 3. The average molecular weight is 402 g/mol. The van der Waals surface area contributed by atoms with Crippen molar-refractivity contribution in [3.05, 3.63) is 34.5 Å². The van der Waals surface area contributed by atoms with E-state index in [1.54, 1.807) is 23.4 Å². The average Bonchev–Trinajstić information content (AvgIpc) is 3.06. The standard InChI is InChI=1S/C20H30N6O3/c1-4-29-17-14-15(9-10-16(17)28-3)23-19(21-2)22-11-7-13-26-20(27)25-12-6-5-8-18(25)24-26/h9-10,14H,4-8,11-13H2,1-3H3,(H2,21,22,23). The van der Waals surface area contributed by atoms with Gasteiger partial charge in [-0.3, -0.25) is 9.56 Å². The number of aliphatic imine (C=N–C) groups is 1. The summed E-state index contributed by atoms with van der Waals surface area (Å²) in [6.07, 6.45) is 3.82. The molecule has 0 spiro atoms. The Balaban J connectivity index is 1.52. The van der Waals surface area contributed by atoms with Crippen LogP contribution in [-0.2, 0) is 19.5 Å². The maximum absolute atomic E-state index is 12.4. The zero-order valence-corrected chi connectivity index (χ0v) is 17.4. The predicted octanol–water partition coefficient (Wildman–Crippen LogP) is 1.87. The highest BCUT2D eigenvalue weighted by molar-refractivity contribution is 5.93. The molecule has 158 valence electrons. The van der Waals surface area contributed by atoms with E-state index in [-0.39, 0.29) is 5.69 Å². The maximum atomic E-state index is 12.4. The number of guanidine groups is 1. The fourth-order valence-corrected chi connectivity index (χ4v) is 3.37. The first kappa shape index (κ1) is 20.8. The minimum atomic E-state index is 0.00361. The number of hydrogen-bond donors (Lipinski definition) is 2. The number of hydrogen-bond acceptors (Lipinski definition) is 5. The topological polar surface area (TPSA) is 94.7 Å². The predicted molar refractivity (Wildman–Crippen MR) is 113 cm³/mol. The van der Waals surface area contributed by atoms with Crippen LogP contribution in [0.4, 0.5) is 5.69 Å². The Kier molecular flexibility index (Phi) is 7.15. The molecule has 0 bridgehead atoms. The first-order valence-corrected chi connectivity index (χ1v) is 10.1. The van der Waals surface area contributed by atoms with E-state index in [0.29, 0.717) is 37.2 Å². The number of benzene rings is 1. The third-order valence-corrected chi connectivity index (χ3v) is 4.82. The second-order valence-electron chi connectivity index (χ2n) is 6.81. The highest BCUT2D eigenvalue weighted by Gasteiger charge is 2.16. The normalized spacial score (nSPS) is 13.7. The Bertz CT molecular complexity index is 902. The van der Waals surface area contributed by atoms with Crippen LogP contribution in [0, 0.1) is 0 Å². The van der Waals surface area contributed by atoms with Gasteiger partial charge in [0.05, 0.1) is 13.7 Å². The molecule has 1 aromatic carbocycles. The van der Waals surface area contributed by atoms with Crippen molar-refractivity contribution in [2.45, 2.75) is 45.7 Å². The molecule has 29 heavy (non-hydrogen) atoms. The number of ether oxygens (including phenoxy) is 2. The summed E-state index contributed by atoms with van der Waals surface area (Å²) in [6.45, 7) is 4.53. The lowest BCUT2D eigenvalue weighted by Gasteiger charge is -2.14. The van der Waals surface area contributed by atoms with Crippen LogP contribution in [0.5, 0.6) is 11.5 Å². The summed E-state index contributed by atoms with van der Waals surface area (Å²) >= 11 is 0. The van der Waals surface area contributed by atoms with Crippen LogP contribution in [0.25, 0.3) is 0 Å². The van der Waals surface area contributed by atoms with Gasteiger partial charge >= 0.3 is 5.69 Å². The third kappa shape index (κ3) is 5.10. The molecule has 0 amide bonds. The summed E-state index contributed by atoms with van der Waals surface area (Å²) in [5.74, 6) is 2.93. The van der Waals surface area contributed by atoms with Gasteiger partial charge in [0, 0.05) is 44.9 Å². The van der Waals surface area contributed by atoms with Crippen molar-refractivity contribution in [1.82, 2.24) is 19.7 Å². The SMILES string of the molecule is CCOc1cc(NC(=NC)NCCCn2nc3n(c2=O)CCCC3)ccc1OC. The van der Waals surface area contributed by atoms with Gasteiger partial charge in [-0.1, -0.05) is 0 Å². The molecule has 2 N–H and O–H groups in total. The zero-order valence-electron chi connectivity index (χ0n) is 17.4. The van der Waals surface area contributed by atoms with Gasteiger partial charge in [-0.2, -0.15) is 5.10 Å². The van der Waals surface area contributed by atoms with Crippen LogP contribution >= 0.6 is 0 Å². The summed E-state index contributed by atoms with van der Waals surface area (Å²) in [6, 6.07) is 5.64. The van der Waals surface area contributed by atoms with Crippen molar-refractivity contribution in [1.29, 1.82) is 0 Å². The van der Waals surface area contributed by atoms with E-state index in [1.165, 1.54) is 0 Å². The van der Waals surface area contributed by atoms with Gasteiger partial charge in [0.15, 0.2) is 17.5 Å². The summed E-state index contributed by atoms with van der Waals surface area (Å²) in [5, 5.41) is 11.0. The summed E-state index contributed by atoms with van der Waals surface area (Å²) in [4.78, 5) is 16.6. The van der Waals surface area contributed by atoms with Crippen LogP contribution in [0.15, 0.2) is 28.0 Å². The highest BCUT2D eigenvalue weighted by atomic mass is 16.5. The molecule has 1 aliphatic rings. The van der Waals surface area contributed by atoms with Gasteiger partial charge in [0.25, 0.3) is 0 Å². The van der Waals surface area contributed by atoms with E-state index in [1.807, 2.05) is 25.1 Å². The van der Waals surface area contributed by atoms with Gasteiger partial charge in [0.1, 0.15) is 5.82 Å². The minimum Gasteiger partial charge on any atom is -0.493 e. The summed E-state index contributed by atoms with van der Waals surface area (Å²) in [7, 11) is 3.34. The Hall–Kier alpha value is -2.97. The Morgan fingerprint density at radius 1 is 1.31 bits per heavy atom. The van der Waals surface area contributed by atoms with Crippen LogP contribution in [0.2, 0.25) is 0 Å². The van der Waals surface area contributed by atoms with Crippen molar-refractivity contribution in [3.63, 3.8) is 0 Å². The zero-order chi connectivity index (χ0) is 20.6. The van der Waals surface area contributed by atoms with Crippen molar-refractivity contribution >= 4 is 11.6 Å². The molecular weight excluding hydrogens is 372 g/mol. The molecule has 1 aromatic heterocycles. The number of fused-ring (bicyclic) bond motifs is 1. The molecule has 0 atom stereocenters. The number of anilines is 1. The molecule has 9 nitrogen and oxygen atoms in total. The van der Waals surface area contributed by atoms with Crippen molar-refractivity contribution < 1.29 is 9.47 Å². The van der Waals surface area contributed by atoms with Crippen molar-refractivity contribution in [2.24, 2.45) is 4.99 Å². The van der Waals surface area contributed by atoms with E-state index < -0.39 is 0 Å². The quantitative estimate of drug-likeness (QED) is 0.398. The molecule has 0 saturated heterocycles. The Morgan fingerprint density at radius 3 is 2.90 bits per heavy atom. The lowest BCUT2D eigenvalue weighted by atomic mass is 10.2. The molecule has 0 aliphatic carbocycles. The van der Waals surface area contributed by atoms with E-state index in [0.717, 1.165) is 43.7 Å². The van der Waals surface area contributed by atoms with Gasteiger partial charge in [-0.15, -0.1) is 0 Å². The molecule has 0 fully saturated rings. The highest BCUT2D eigenvalue weighted by Crippen LogP contribution is 2.30. The van der Waals surface area contributed by atoms with E-state index >= 15 is 0 Å². The summed E-state index contributed by atoms with van der Waals surface area (Å²) in [5.41, 5.74) is 0.851. The number of nitrogens with zero attached hydrogens (tertiary/aromatic N) is 4. The fourth-order valence-electron chi connectivity index (χ4n) is 3.37. The van der Waals surface area contributed by atoms with Crippen LogP contribution in [0.1, 0.15) is 32.0 Å². The fraction of sp³-hybridized carbons (Fsp3) is 0.550. The van der Waals surface area contributed by atoms with Crippen LogP contribution in [-0.4, -0.2) is 47.6 Å². The molecule has 0 radical (unpaired) electrons. The second kappa shape index (κ2) is 9.99. The Labute approximate surface area is 170 Å². The monoisotopic (exact) mass is 402 g/mol. The molecule has 1 aliphatic heterocycles. The molecular formula is C20H30N6O3. The Morgan fingerprint density at radius 2 is 2.17 bits per heavy atom. The second-order valence-corrected chi connectivity index (χ2v) is 6.81.